The van der Waals surface area contributed by atoms with E-state index in [1.807, 2.05) is 30.3 Å². The standard InChI is InChI=1S/C13H15NO4/c15-12(7-10-8-18-10)14-11(13(16)17)6-9-4-2-1-3-5-9/h1-5,10-11H,6-8H2,(H,14,15)(H,16,17)/t10?,11-/m0/s1. The fourth-order valence-electron chi connectivity index (χ4n) is 1.70. The number of ether oxygens (including phenoxy) is 1. The highest BCUT2D eigenvalue weighted by molar-refractivity contribution is 5.84. The van der Waals surface area contributed by atoms with E-state index >= 15 is 0 Å². The molecule has 5 nitrogen and oxygen atoms in total. The average Bonchev–Trinajstić information content (AvgIpc) is 3.13. The van der Waals surface area contributed by atoms with Crippen LogP contribution in [0.4, 0.5) is 0 Å². The number of carboxylic acids is 1. The van der Waals surface area contributed by atoms with Crippen LogP contribution in [0.5, 0.6) is 0 Å². The molecule has 0 spiro atoms. The first-order valence-corrected chi connectivity index (χ1v) is 5.83. The lowest BCUT2D eigenvalue weighted by atomic mass is 10.1. The number of hydrogen-bond donors (Lipinski definition) is 2. The quantitative estimate of drug-likeness (QED) is 0.723. The monoisotopic (exact) mass is 249 g/mol. The third-order valence-corrected chi connectivity index (χ3v) is 2.73. The number of benzene rings is 1. The second-order valence-corrected chi connectivity index (χ2v) is 4.31. The number of carbonyl (C=O) groups is 2. The molecule has 18 heavy (non-hydrogen) atoms. The molecule has 1 aliphatic rings. The lowest BCUT2D eigenvalue weighted by Gasteiger charge is -2.14. The number of hydrogen-bond acceptors (Lipinski definition) is 3. The third-order valence-electron chi connectivity index (χ3n) is 2.73. The van der Waals surface area contributed by atoms with Crippen molar-refractivity contribution in [3.05, 3.63) is 35.9 Å². The van der Waals surface area contributed by atoms with Gasteiger partial charge in [0.1, 0.15) is 6.04 Å². The van der Waals surface area contributed by atoms with Crippen LogP contribution in [0.15, 0.2) is 30.3 Å². The molecular weight excluding hydrogens is 234 g/mol. The van der Waals surface area contributed by atoms with Crippen LogP contribution in [-0.2, 0) is 20.7 Å². The van der Waals surface area contributed by atoms with Crippen molar-refractivity contribution >= 4 is 11.9 Å². The van der Waals surface area contributed by atoms with Crippen LogP contribution in [-0.4, -0.2) is 35.7 Å². The summed E-state index contributed by atoms with van der Waals surface area (Å²) in [6.07, 6.45) is 0.489. The van der Waals surface area contributed by atoms with Gasteiger partial charge in [0, 0.05) is 6.42 Å². The Balaban J connectivity index is 1.91. The van der Waals surface area contributed by atoms with Gasteiger partial charge in [-0.2, -0.15) is 0 Å². The van der Waals surface area contributed by atoms with E-state index in [1.54, 1.807) is 0 Å². The highest BCUT2D eigenvalue weighted by Crippen LogP contribution is 2.13. The van der Waals surface area contributed by atoms with E-state index in [-0.39, 0.29) is 24.9 Å². The van der Waals surface area contributed by atoms with Crippen molar-refractivity contribution in [3.8, 4) is 0 Å². The molecule has 2 atom stereocenters. The summed E-state index contributed by atoms with van der Waals surface area (Å²) in [5.74, 6) is -1.30. The first kappa shape index (κ1) is 12.6. The topological polar surface area (TPSA) is 78.9 Å². The highest BCUT2D eigenvalue weighted by atomic mass is 16.6. The van der Waals surface area contributed by atoms with Gasteiger partial charge >= 0.3 is 5.97 Å². The maximum atomic E-state index is 11.5. The molecule has 0 saturated carbocycles. The maximum Gasteiger partial charge on any atom is 0.326 e. The number of amides is 1. The van der Waals surface area contributed by atoms with Gasteiger partial charge in [-0.15, -0.1) is 0 Å². The second-order valence-electron chi connectivity index (χ2n) is 4.31. The lowest BCUT2D eigenvalue weighted by molar-refractivity contribution is -0.141. The molecule has 1 saturated heterocycles. The molecule has 2 rings (SSSR count). The molecular formula is C13H15NO4. The number of carboxylic acid groups (broad SMARTS) is 1. The zero-order valence-corrected chi connectivity index (χ0v) is 9.83. The summed E-state index contributed by atoms with van der Waals surface area (Å²) in [4.78, 5) is 22.6. The van der Waals surface area contributed by atoms with E-state index in [2.05, 4.69) is 5.32 Å². The van der Waals surface area contributed by atoms with Gasteiger partial charge in [-0.25, -0.2) is 4.79 Å². The van der Waals surface area contributed by atoms with Gasteiger partial charge in [-0.3, -0.25) is 4.79 Å². The van der Waals surface area contributed by atoms with Crippen molar-refractivity contribution in [2.75, 3.05) is 6.61 Å². The van der Waals surface area contributed by atoms with Gasteiger partial charge in [-0.05, 0) is 5.56 Å². The SMILES string of the molecule is O=C(CC1CO1)N[C@@H](Cc1ccccc1)C(=O)O. The normalized spacial score (nSPS) is 19.0. The van der Waals surface area contributed by atoms with Crippen molar-refractivity contribution in [1.29, 1.82) is 0 Å². The van der Waals surface area contributed by atoms with Crippen LogP contribution in [0.3, 0.4) is 0 Å². The van der Waals surface area contributed by atoms with Crippen LogP contribution in [0.25, 0.3) is 0 Å². The predicted molar refractivity (Wildman–Crippen MR) is 64.1 cm³/mol. The number of aliphatic carboxylic acids is 1. The smallest absolute Gasteiger partial charge is 0.326 e. The van der Waals surface area contributed by atoms with E-state index in [0.29, 0.717) is 6.61 Å². The minimum Gasteiger partial charge on any atom is -0.480 e. The molecule has 1 fully saturated rings. The van der Waals surface area contributed by atoms with Gasteiger partial charge in [0.25, 0.3) is 0 Å². The van der Waals surface area contributed by atoms with E-state index in [1.165, 1.54) is 0 Å². The maximum absolute atomic E-state index is 11.5. The van der Waals surface area contributed by atoms with Crippen LogP contribution in [0, 0.1) is 0 Å². The Bertz CT molecular complexity index is 428. The highest BCUT2D eigenvalue weighted by Gasteiger charge is 2.28. The average molecular weight is 249 g/mol. The van der Waals surface area contributed by atoms with Crippen molar-refractivity contribution < 1.29 is 19.4 Å². The molecule has 0 radical (unpaired) electrons. The fourth-order valence-corrected chi connectivity index (χ4v) is 1.70. The van der Waals surface area contributed by atoms with Crippen molar-refractivity contribution in [2.24, 2.45) is 0 Å². The summed E-state index contributed by atoms with van der Waals surface area (Å²) in [6.45, 7) is 0.587. The molecule has 5 heteroatoms. The summed E-state index contributed by atoms with van der Waals surface area (Å²) in [6, 6.07) is 8.33. The molecule has 0 aliphatic carbocycles. The Labute approximate surface area is 105 Å². The molecule has 1 aromatic rings. The van der Waals surface area contributed by atoms with Crippen LogP contribution in [0.1, 0.15) is 12.0 Å². The summed E-state index contributed by atoms with van der Waals surface area (Å²) < 4.78 is 4.93. The summed E-state index contributed by atoms with van der Waals surface area (Å²) in [5.41, 5.74) is 0.882. The Morgan fingerprint density at radius 3 is 2.61 bits per heavy atom. The Morgan fingerprint density at radius 2 is 2.06 bits per heavy atom. The molecule has 0 aromatic heterocycles. The van der Waals surface area contributed by atoms with E-state index in [9.17, 15) is 9.59 Å². The Kier molecular flexibility index (Phi) is 3.94. The summed E-state index contributed by atoms with van der Waals surface area (Å²) in [5, 5.41) is 11.6. The first-order valence-electron chi connectivity index (χ1n) is 5.83. The molecule has 96 valence electrons. The van der Waals surface area contributed by atoms with Gasteiger partial charge in [0.05, 0.1) is 19.1 Å². The lowest BCUT2D eigenvalue weighted by Crippen LogP contribution is -2.42. The minimum atomic E-state index is -1.02. The summed E-state index contributed by atoms with van der Waals surface area (Å²) in [7, 11) is 0. The molecule has 1 aliphatic heterocycles. The van der Waals surface area contributed by atoms with Gasteiger partial charge in [0.2, 0.25) is 5.91 Å². The zero-order chi connectivity index (χ0) is 13.0. The minimum absolute atomic E-state index is 0.0313. The van der Waals surface area contributed by atoms with Crippen LogP contribution < -0.4 is 5.32 Å². The fraction of sp³-hybridized carbons (Fsp3) is 0.385. The number of epoxide rings is 1. The Hall–Kier alpha value is -1.88. The zero-order valence-electron chi connectivity index (χ0n) is 9.83. The van der Waals surface area contributed by atoms with Crippen molar-refractivity contribution in [1.82, 2.24) is 5.32 Å². The van der Waals surface area contributed by atoms with Crippen molar-refractivity contribution in [3.63, 3.8) is 0 Å². The number of nitrogens with one attached hydrogen (secondary N) is 1. The molecule has 1 amide bonds. The molecule has 2 N–H and O–H groups in total. The summed E-state index contributed by atoms with van der Waals surface area (Å²) >= 11 is 0. The second kappa shape index (κ2) is 5.64. The van der Waals surface area contributed by atoms with Gasteiger partial charge < -0.3 is 15.2 Å². The number of carbonyl (C=O) groups excluding carboxylic acids is 1. The molecule has 1 unspecified atom stereocenters. The predicted octanol–water partition coefficient (Wildman–Crippen LogP) is 0.587. The molecule has 1 aromatic carbocycles. The van der Waals surface area contributed by atoms with Gasteiger partial charge in [0.15, 0.2) is 0 Å². The number of rotatable bonds is 6. The molecule has 1 heterocycles. The van der Waals surface area contributed by atoms with E-state index in [0.717, 1.165) is 5.56 Å². The van der Waals surface area contributed by atoms with Crippen LogP contribution in [0.2, 0.25) is 0 Å². The van der Waals surface area contributed by atoms with Crippen molar-refractivity contribution in [2.45, 2.75) is 25.0 Å². The largest absolute Gasteiger partial charge is 0.480 e. The van der Waals surface area contributed by atoms with E-state index in [4.69, 9.17) is 9.84 Å². The Morgan fingerprint density at radius 1 is 1.39 bits per heavy atom. The van der Waals surface area contributed by atoms with Crippen LogP contribution >= 0.6 is 0 Å². The molecule has 0 bridgehead atoms. The van der Waals surface area contributed by atoms with E-state index < -0.39 is 12.0 Å². The first-order chi connectivity index (χ1) is 8.65. The van der Waals surface area contributed by atoms with Gasteiger partial charge in [-0.1, -0.05) is 30.3 Å². The third kappa shape index (κ3) is 3.85.